The number of nitrogens with two attached hydrogens (primary N) is 1. The molecule has 108 valence electrons. The van der Waals surface area contributed by atoms with Crippen molar-refractivity contribution in [2.45, 2.75) is 64.2 Å². The van der Waals surface area contributed by atoms with Crippen LogP contribution < -0.4 is 5.73 Å². The molecule has 2 aliphatic rings. The molecule has 1 aliphatic heterocycles. The average Bonchev–Trinajstić information content (AvgIpc) is 2.38. The van der Waals surface area contributed by atoms with Crippen LogP contribution in [0.3, 0.4) is 0 Å². The maximum absolute atomic E-state index is 12.2. The van der Waals surface area contributed by atoms with E-state index in [0.29, 0.717) is 25.9 Å². The first kappa shape index (κ1) is 14.5. The first-order chi connectivity index (χ1) is 9.17. The Morgan fingerprint density at radius 3 is 2.16 bits per heavy atom. The number of carbonyl (C=O) groups excluding carboxylic acids is 2. The van der Waals surface area contributed by atoms with Crippen LogP contribution in [-0.4, -0.2) is 29.8 Å². The molecule has 1 spiro atoms. The molecule has 1 aliphatic carbocycles. The molecule has 1 saturated carbocycles. The quantitative estimate of drug-likeness (QED) is 0.613. The van der Waals surface area contributed by atoms with Crippen molar-refractivity contribution in [3.05, 3.63) is 0 Å². The summed E-state index contributed by atoms with van der Waals surface area (Å²) < 4.78 is 0. The van der Waals surface area contributed by atoms with E-state index in [9.17, 15) is 9.59 Å². The molecular formula is C15H26N2O2. The van der Waals surface area contributed by atoms with Gasteiger partial charge in [-0.3, -0.25) is 14.5 Å². The van der Waals surface area contributed by atoms with Gasteiger partial charge in [0.15, 0.2) is 0 Å². The van der Waals surface area contributed by atoms with Crippen LogP contribution in [0.25, 0.3) is 0 Å². The van der Waals surface area contributed by atoms with Gasteiger partial charge in [0.25, 0.3) is 0 Å². The van der Waals surface area contributed by atoms with Crippen LogP contribution in [-0.2, 0) is 9.59 Å². The van der Waals surface area contributed by atoms with Crippen LogP contribution in [0.2, 0.25) is 0 Å². The number of unbranched alkanes of at least 4 members (excludes halogenated alkanes) is 2. The third-order valence-electron chi connectivity index (χ3n) is 4.65. The highest BCUT2D eigenvalue weighted by molar-refractivity contribution is 5.98. The van der Waals surface area contributed by atoms with E-state index in [0.717, 1.165) is 32.1 Å². The number of amides is 2. The van der Waals surface area contributed by atoms with E-state index in [1.54, 1.807) is 0 Å². The van der Waals surface area contributed by atoms with E-state index in [1.165, 1.54) is 24.2 Å². The molecule has 2 fully saturated rings. The molecule has 0 aromatic heterocycles. The Morgan fingerprint density at radius 2 is 1.58 bits per heavy atom. The molecule has 1 heterocycles. The Balaban J connectivity index is 1.87. The Bertz CT molecular complexity index is 315. The summed E-state index contributed by atoms with van der Waals surface area (Å²) >= 11 is 0. The fourth-order valence-electron chi connectivity index (χ4n) is 3.53. The maximum Gasteiger partial charge on any atom is 0.229 e. The summed E-state index contributed by atoms with van der Waals surface area (Å²) in [4.78, 5) is 25.9. The lowest BCUT2D eigenvalue weighted by molar-refractivity contribution is -0.154. The summed E-state index contributed by atoms with van der Waals surface area (Å²) in [5.41, 5.74) is 5.46. The summed E-state index contributed by atoms with van der Waals surface area (Å²) in [5, 5.41) is 0. The van der Waals surface area contributed by atoms with Crippen molar-refractivity contribution in [1.82, 2.24) is 4.90 Å². The number of hydrogen-bond donors (Lipinski definition) is 1. The molecular weight excluding hydrogens is 240 g/mol. The number of rotatable bonds is 5. The Labute approximate surface area is 115 Å². The van der Waals surface area contributed by atoms with Gasteiger partial charge in [-0.1, -0.05) is 25.7 Å². The van der Waals surface area contributed by atoms with Crippen molar-refractivity contribution >= 4 is 11.8 Å². The largest absolute Gasteiger partial charge is 0.330 e. The van der Waals surface area contributed by atoms with Gasteiger partial charge in [0.2, 0.25) is 11.8 Å². The molecule has 0 unspecified atom stereocenters. The van der Waals surface area contributed by atoms with E-state index in [-0.39, 0.29) is 17.2 Å². The van der Waals surface area contributed by atoms with E-state index in [2.05, 4.69) is 0 Å². The van der Waals surface area contributed by atoms with Gasteiger partial charge in [-0.25, -0.2) is 0 Å². The van der Waals surface area contributed by atoms with Gasteiger partial charge in [-0.2, -0.15) is 0 Å². The smallest absolute Gasteiger partial charge is 0.229 e. The second-order valence-electron chi connectivity index (χ2n) is 6.20. The minimum atomic E-state index is 0.0141. The topological polar surface area (TPSA) is 63.4 Å². The lowest BCUT2D eigenvalue weighted by Crippen LogP contribution is -2.48. The minimum absolute atomic E-state index is 0.0141. The summed E-state index contributed by atoms with van der Waals surface area (Å²) in [6.45, 7) is 1.28. The molecule has 0 atom stereocenters. The third kappa shape index (κ3) is 3.56. The highest BCUT2D eigenvalue weighted by atomic mass is 16.2. The standard InChI is InChI=1S/C15H26N2O2/c16-9-5-2-6-10-17-13(18)11-15(12-14(17)19)7-3-1-4-8-15/h1-12,16H2. The SMILES string of the molecule is NCCCCCN1C(=O)CC2(CCCCC2)CC1=O. The predicted molar refractivity (Wildman–Crippen MR) is 74.4 cm³/mol. The summed E-state index contributed by atoms with van der Waals surface area (Å²) in [6, 6.07) is 0. The van der Waals surface area contributed by atoms with Gasteiger partial charge < -0.3 is 5.73 Å². The molecule has 4 nitrogen and oxygen atoms in total. The first-order valence-corrected chi connectivity index (χ1v) is 7.70. The van der Waals surface area contributed by atoms with Crippen LogP contribution in [0.15, 0.2) is 0 Å². The number of likely N-dealkylation sites (tertiary alicyclic amines) is 1. The molecule has 2 amide bonds. The van der Waals surface area contributed by atoms with Gasteiger partial charge in [0, 0.05) is 19.4 Å². The zero-order valence-electron chi connectivity index (χ0n) is 11.8. The van der Waals surface area contributed by atoms with Crippen LogP contribution in [0.5, 0.6) is 0 Å². The zero-order valence-corrected chi connectivity index (χ0v) is 11.8. The van der Waals surface area contributed by atoms with Gasteiger partial charge in [0.1, 0.15) is 0 Å². The third-order valence-corrected chi connectivity index (χ3v) is 4.65. The lowest BCUT2D eigenvalue weighted by Gasteiger charge is -2.42. The Hall–Kier alpha value is -0.900. The van der Waals surface area contributed by atoms with Crippen molar-refractivity contribution in [2.24, 2.45) is 11.1 Å². The number of hydrogen-bond acceptors (Lipinski definition) is 3. The molecule has 0 aromatic carbocycles. The van der Waals surface area contributed by atoms with Crippen molar-refractivity contribution in [1.29, 1.82) is 0 Å². The van der Waals surface area contributed by atoms with E-state index >= 15 is 0 Å². The number of carbonyl (C=O) groups is 2. The zero-order chi connectivity index (χ0) is 13.7. The van der Waals surface area contributed by atoms with E-state index < -0.39 is 0 Å². The number of nitrogens with zero attached hydrogens (tertiary/aromatic N) is 1. The second-order valence-corrected chi connectivity index (χ2v) is 6.20. The lowest BCUT2D eigenvalue weighted by atomic mass is 9.67. The van der Waals surface area contributed by atoms with Crippen LogP contribution in [0.4, 0.5) is 0 Å². The fourth-order valence-corrected chi connectivity index (χ4v) is 3.53. The number of imide groups is 1. The average molecular weight is 266 g/mol. The molecule has 2 rings (SSSR count). The fraction of sp³-hybridized carbons (Fsp3) is 0.867. The first-order valence-electron chi connectivity index (χ1n) is 7.70. The predicted octanol–water partition coefficient (Wildman–Crippen LogP) is 2.21. The van der Waals surface area contributed by atoms with Crippen molar-refractivity contribution in [2.75, 3.05) is 13.1 Å². The molecule has 0 bridgehead atoms. The Kier molecular flexibility index (Phi) is 4.97. The maximum atomic E-state index is 12.2. The van der Waals surface area contributed by atoms with Crippen LogP contribution in [0.1, 0.15) is 64.2 Å². The highest BCUT2D eigenvalue weighted by Gasteiger charge is 2.43. The van der Waals surface area contributed by atoms with Gasteiger partial charge in [0.05, 0.1) is 0 Å². The molecule has 1 saturated heterocycles. The van der Waals surface area contributed by atoms with Gasteiger partial charge >= 0.3 is 0 Å². The van der Waals surface area contributed by atoms with Crippen LogP contribution in [0, 0.1) is 5.41 Å². The normalized spacial score (nSPS) is 23.1. The number of piperidine rings is 1. The second kappa shape index (κ2) is 6.51. The summed E-state index contributed by atoms with van der Waals surface area (Å²) in [7, 11) is 0. The van der Waals surface area contributed by atoms with Crippen molar-refractivity contribution in [3.8, 4) is 0 Å². The molecule has 0 aromatic rings. The van der Waals surface area contributed by atoms with Crippen molar-refractivity contribution < 1.29 is 9.59 Å². The molecule has 19 heavy (non-hydrogen) atoms. The summed E-state index contributed by atoms with van der Waals surface area (Å²) in [6.07, 6.45) is 9.78. The van der Waals surface area contributed by atoms with Gasteiger partial charge in [-0.15, -0.1) is 0 Å². The van der Waals surface area contributed by atoms with E-state index in [1.807, 2.05) is 0 Å². The Morgan fingerprint density at radius 1 is 0.947 bits per heavy atom. The summed E-state index contributed by atoms with van der Waals surface area (Å²) in [5.74, 6) is 0.122. The van der Waals surface area contributed by atoms with E-state index in [4.69, 9.17) is 5.73 Å². The molecule has 2 N–H and O–H groups in total. The minimum Gasteiger partial charge on any atom is -0.330 e. The molecule has 0 radical (unpaired) electrons. The highest BCUT2D eigenvalue weighted by Crippen LogP contribution is 2.45. The van der Waals surface area contributed by atoms with Gasteiger partial charge in [-0.05, 0) is 37.6 Å². The monoisotopic (exact) mass is 266 g/mol. The van der Waals surface area contributed by atoms with Crippen molar-refractivity contribution in [3.63, 3.8) is 0 Å². The van der Waals surface area contributed by atoms with Crippen LogP contribution >= 0.6 is 0 Å². The molecule has 4 heteroatoms.